The van der Waals surface area contributed by atoms with E-state index in [0.717, 1.165) is 61.6 Å². The molecular weight excluding hydrogens is 406 g/mol. The molecule has 1 saturated heterocycles. The minimum atomic E-state index is -0.154. The van der Waals surface area contributed by atoms with Crippen LogP contribution in [0.15, 0.2) is 30.3 Å². The van der Waals surface area contributed by atoms with Gasteiger partial charge in [-0.05, 0) is 55.3 Å². The SMILES string of the molecule is CN1CCN(C(=O)c2c(NC(=O)c3ccccc3)sc3c2CC[C@@H](C(C)(C)C)C3)CC1. The highest BCUT2D eigenvalue weighted by molar-refractivity contribution is 7.17. The van der Waals surface area contributed by atoms with Gasteiger partial charge in [-0.2, -0.15) is 0 Å². The molecule has 0 spiro atoms. The summed E-state index contributed by atoms with van der Waals surface area (Å²) in [4.78, 5) is 32.0. The molecule has 2 aromatic rings. The van der Waals surface area contributed by atoms with Crippen molar-refractivity contribution in [3.63, 3.8) is 0 Å². The smallest absolute Gasteiger partial charge is 0.257 e. The molecular formula is C25H33N3O2S. The van der Waals surface area contributed by atoms with Crippen LogP contribution >= 0.6 is 11.3 Å². The normalized spacial score (nSPS) is 19.7. The van der Waals surface area contributed by atoms with Crippen molar-refractivity contribution in [2.24, 2.45) is 11.3 Å². The van der Waals surface area contributed by atoms with Gasteiger partial charge in [-0.15, -0.1) is 11.3 Å². The Balaban J connectivity index is 1.67. The first-order chi connectivity index (χ1) is 14.7. The molecule has 1 aliphatic carbocycles. The highest BCUT2D eigenvalue weighted by Crippen LogP contribution is 2.44. The third-order valence-electron chi connectivity index (χ3n) is 6.76. The maximum absolute atomic E-state index is 13.6. The lowest BCUT2D eigenvalue weighted by atomic mass is 9.72. The molecule has 0 unspecified atom stereocenters. The number of carbonyl (C=O) groups is 2. The number of rotatable bonds is 3. The molecule has 1 N–H and O–H groups in total. The topological polar surface area (TPSA) is 52.6 Å². The van der Waals surface area contributed by atoms with Crippen molar-refractivity contribution < 1.29 is 9.59 Å². The van der Waals surface area contributed by atoms with Crippen LogP contribution in [0, 0.1) is 11.3 Å². The number of piperazine rings is 1. The summed E-state index contributed by atoms with van der Waals surface area (Å²) >= 11 is 1.61. The first kappa shape index (κ1) is 22.0. The fourth-order valence-electron chi connectivity index (χ4n) is 4.57. The van der Waals surface area contributed by atoms with Gasteiger partial charge in [0.2, 0.25) is 0 Å². The zero-order valence-electron chi connectivity index (χ0n) is 19.0. The van der Waals surface area contributed by atoms with Gasteiger partial charge in [0.25, 0.3) is 11.8 Å². The van der Waals surface area contributed by atoms with E-state index in [1.54, 1.807) is 23.5 Å². The van der Waals surface area contributed by atoms with Crippen LogP contribution in [0.25, 0.3) is 0 Å². The predicted octanol–water partition coefficient (Wildman–Crippen LogP) is 4.54. The zero-order valence-corrected chi connectivity index (χ0v) is 19.8. The lowest BCUT2D eigenvalue weighted by molar-refractivity contribution is 0.0664. The minimum Gasteiger partial charge on any atom is -0.336 e. The van der Waals surface area contributed by atoms with Crippen molar-refractivity contribution in [1.82, 2.24) is 9.80 Å². The number of likely N-dealkylation sites (N-methyl/N-ethyl adjacent to an activating group) is 1. The number of amides is 2. The van der Waals surface area contributed by atoms with Crippen LogP contribution < -0.4 is 5.32 Å². The summed E-state index contributed by atoms with van der Waals surface area (Å²) in [5, 5.41) is 3.81. The second kappa shape index (κ2) is 8.75. The second-order valence-corrected chi connectivity index (χ2v) is 11.0. The molecule has 4 rings (SSSR count). The van der Waals surface area contributed by atoms with Gasteiger partial charge in [-0.3, -0.25) is 9.59 Å². The van der Waals surface area contributed by atoms with E-state index in [1.807, 2.05) is 23.1 Å². The van der Waals surface area contributed by atoms with Crippen molar-refractivity contribution in [3.8, 4) is 0 Å². The molecule has 5 nitrogen and oxygen atoms in total. The third kappa shape index (κ3) is 4.70. The molecule has 6 heteroatoms. The van der Waals surface area contributed by atoms with Crippen molar-refractivity contribution in [3.05, 3.63) is 51.9 Å². The summed E-state index contributed by atoms with van der Waals surface area (Å²) in [6.07, 6.45) is 2.97. The molecule has 1 aromatic carbocycles. The highest BCUT2D eigenvalue weighted by atomic mass is 32.1. The van der Waals surface area contributed by atoms with E-state index in [0.29, 0.717) is 11.5 Å². The number of thiophene rings is 1. The van der Waals surface area contributed by atoms with Crippen LogP contribution in [0.3, 0.4) is 0 Å². The first-order valence-electron chi connectivity index (χ1n) is 11.2. The first-order valence-corrected chi connectivity index (χ1v) is 12.0. The number of benzene rings is 1. The Morgan fingerprint density at radius 2 is 1.74 bits per heavy atom. The van der Waals surface area contributed by atoms with Crippen LogP contribution in [-0.4, -0.2) is 54.8 Å². The van der Waals surface area contributed by atoms with E-state index in [-0.39, 0.29) is 17.2 Å². The summed E-state index contributed by atoms with van der Waals surface area (Å²) < 4.78 is 0. The summed E-state index contributed by atoms with van der Waals surface area (Å²) in [6.45, 7) is 10.1. The van der Waals surface area contributed by atoms with E-state index in [2.05, 4.69) is 38.0 Å². The molecule has 2 heterocycles. The van der Waals surface area contributed by atoms with Gasteiger partial charge in [0.05, 0.1) is 5.56 Å². The molecule has 1 fully saturated rings. The number of hydrogen-bond acceptors (Lipinski definition) is 4. The summed E-state index contributed by atoms with van der Waals surface area (Å²) in [6, 6.07) is 9.23. The molecule has 1 aromatic heterocycles. The lowest BCUT2D eigenvalue weighted by Crippen LogP contribution is -2.47. The average molecular weight is 440 g/mol. The van der Waals surface area contributed by atoms with Crippen LogP contribution in [-0.2, 0) is 12.8 Å². The number of hydrogen-bond donors (Lipinski definition) is 1. The Morgan fingerprint density at radius 3 is 2.39 bits per heavy atom. The summed E-state index contributed by atoms with van der Waals surface area (Å²) in [5.74, 6) is 0.505. The van der Waals surface area contributed by atoms with Crippen LogP contribution in [0.2, 0.25) is 0 Å². The van der Waals surface area contributed by atoms with Gasteiger partial charge < -0.3 is 15.1 Å². The average Bonchev–Trinajstić information content (AvgIpc) is 3.10. The van der Waals surface area contributed by atoms with E-state index >= 15 is 0 Å². The molecule has 0 saturated carbocycles. The van der Waals surface area contributed by atoms with Crippen LogP contribution in [0.4, 0.5) is 5.00 Å². The Hall–Kier alpha value is -2.18. The van der Waals surface area contributed by atoms with Gasteiger partial charge in [-0.1, -0.05) is 39.0 Å². The molecule has 0 bridgehead atoms. The number of fused-ring (bicyclic) bond motifs is 1. The van der Waals surface area contributed by atoms with E-state index < -0.39 is 0 Å². The van der Waals surface area contributed by atoms with Crippen molar-refractivity contribution in [2.75, 3.05) is 38.5 Å². The van der Waals surface area contributed by atoms with Gasteiger partial charge >= 0.3 is 0 Å². The van der Waals surface area contributed by atoms with E-state index in [4.69, 9.17) is 0 Å². The maximum Gasteiger partial charge on any atom is 0.257 e. The van der Waals surface area contributed by atoms with E-state index in [9.17, 15) is 9.59 Å². The second-order valence-electron chi connectivity index (χ2n) is 9.93. The van der Waals surface area contributed by atoms with Gasteiger partial charge in [-0.25, -0.2) is 0 Å². The highest BCUT2D eigenvalue weighted by Gasteiger charge is 2.35. The fraction of sp³-hybridized carbons (Fsp3) is 0.520. The van der Waals surface area contributed by atoms with E-state index in [1.165, 1.54) is 4.88 Å². The Labute approximate surface area is 189 Å². The van der Waals surface area contributed by atoms with Gasteiger partial charge in [0.1, 0.15) is 5.00 Å². The van der Waals surface area contributed by atoms with Crippen LogP contribution in [0.5, 0.6) is 0 Å². The third-order valence-corrected chi connectivity index (χ3v) is 7.93. The lowest BCUT2D eigenvalue weighted by Gasteiger charge is -2.35. The quantitative estimate of drug-likeness (QED) is 0.764. The number of nitrogens with zero attached hydrogens (tertiary/aromatic N) is 2. The van der Waals surface area contributed by atoms with Crippen LogP contribution in [0.1, 0.15) is 58.3 Å². The number of nitrogens with one attached hydrogen (secondary N) is 1. The Bertz CT molecular complexity index is 953. The fourth-order valence-corrected chi connectivity index (χ4v) is 5.89. The summed E-state index contributed by atoms with van der Waals surface area (Å²) in [5.41, 5.74) is 2.75. The van der Waals surface area contributed by atoms with Gasteiger partial charge in [0, 0.05) is 36.6 Å². The zero-order chi connectivity index (χ0) is 22.2. The molecule has 0 radical (unpaired) electrons. The molecule has 166 valence electrons. The number of carbonyl (C=O) groups excluding carboxylic acids is 2. The minimum absolute atomic E-state index is 0.0724. The van der Waals surface area contributed by atoms with Crippen molar-refractivity contribution in [1.29, 1.82) is 0 Å². The Kier molecular flexibility index (Phi) is 6.22. The molecule has 31 heavy (non-hydrogen) atoms. The number of anilines is 1. The molecule has 2 amide bonds. The molecule has 1 aliphatic heterocycles. The monoisotopic (exact) mass is 439 g/mol. The Morgan fingerprint density at radius 1 is 1.06 bits per heavy atom. The molecule has 1 atom stereocenters. The summed E-state index contributed by atoms with van der Waals surface area (Å²) in [7, 11) is 2.09. The van der Waals surface area contributed by atoms with Crippen molar-refractivity contribution in [2.45, 2.75) is 40.0 Å². The maximum atomic E-state index is 13.6. The van der Waals surface area contributed by atoms with Crippen molar-refractivity contribution >= 4 is 28.2 Å². The molecule has 2 aliphatic rings. The standard InChI is InChI=1S/C25H33N3O2S/c1-25(2,3)18-10-11-19-20(16-18)31-23(26-22(29)17-8-6-5-7-9-17)21(19)24(30)28-14-12-27(4)13-15-28/h5-9,18H,10-16H2,1-4H3,(H,26,29)/t18-/m1/s1. The van der Waals surface area contributed by atoms with Gasteiger partial charge in [0.15, 0.2) is 0 Å². The largest absolute Gasteiger partial charge is 0.336 e. The predicted molar refractivity (Wildman–Crippen MR) is 127 cm³/mol.